The summed E-state index contributed by atoms with van der Waals surface area (Å²) in [5.41, 5.74) is 2.43. The summed E-state index contributed by atoms with van der Waals surface area (Å²) in [6.45, 7) is 4.77. The van der Waals surface area contributed by atoms with Crippen molar-refractivity contribution in [1.82, 2.24) is 14.8 Å². The van der Waals surface area contributed by atoms with Gasteiger partial charge in [0.05, 0.1) is 6.42 Å². The second-order valence-corrected chi connectivity index (χ2v) is 6.92. The zero-order valence-corrected chi connectivity index (χ0v) is 14.9. The minimum atomic E-state index is -0.283. The number of benzene rings is 1. The Morgan fingerprint density at radius 2 is 1.96 bits per heavy atom. The highest BCUT2D eigenvalue weighted by molar-refractivity contribution is 5.83. The van der Waals surface area contributed by atoms with Crippen molar-refractivity contribution in [1.29, 1.82) is 0 Å². The van der Waals surface area contributed by atoms with Crippen LogP contribution in [0, 0.1) is 6.92 Å². The molecule has 0 saturated carbocycles. The van der Waals surface area contributed by atoms with Crippen molar-refractivity contribution in [2.75, 3.05) is 32.8 Å². The Kier molecular flexibility index (Phi) is 4.63. The lowest BCUT2D eigenvalue weighted by atomic mass is 10.1. The Morgan fingerprint density at radius 1 is 1.19 bits per heavy atom. The van der Waals surface area contributed by atoms with E-state index in [9.17, 15) is 9.59 Å². The molecule has 2 saturated heterocycles. The van der Waals surface area contributed by atoms with Gasteiger partial charge in [-0.3, -0.25) is 9.59 Å². The summed E-state index contributed by atoms with van der Waals surface area (Å²) < 4.78 is 11.0. The molecule has 1 aromatic carbocycles. The highest BCUT2D eigenvalue weighted by Gasteiger charge is 2.31. The van der Waals surface area contributed by atoms with Crippen molar-refractivity contribution in [3.8, 4) is 0 Å². The summed E-state index contributed by atoms with van der Waals surface area (Å²) in [4.78, 5) is 32.9. The van der Waals surface area contributed by atoms with Crippen LogP contribution in [-0.2, 0) is 20.7 Å². The molecule has 1 unspecified atom stereocenters. The number of rotatable bonds is 3. The number of hydrogen-bond donors (Lipinski definition) is 0. The number of hydrogen-bond acceptors (Lipinski definition) is 5. The highest BCUT2D eigenvalue weighted by atomic mass is 16.5. The molecule has 26 heavy (non-hydrogen) atoms. The van der Waals surface area contributed by atoms with Crippen LogP contribution in [0.5, 0.6) is 0 Å². The smallest absolute Gasteiger partial charge is 0.251 e. The Hall–Kier alpha value is -2.41. The van der Waals surface area contributed by atoms with Gasteiger partial charge in [-0.1, -0.05) is 6.07 Å². The van der Waals surface area contributed by atoms with Crippen LogP contribution in [0.15, 0.2) is 22.6 Å². The van der Waals surface area contributed by atoms with Crippen LogP contribution < -0.4 is 0 Å². The maximum absolute atomic E-state index is 12.6. The molecule has 0 radical (unpaired) electrons. The molecular weight excluding hydrogens is 334 g/mol. The fourth-order valence-corrected chi connectivity index (χ4v) is 3.63. The van der Waals surface area contributed by atoms with Gasteiger partial charge in [-0.25, -0.2) is 4.98 Å². The monoisotopic (exact) mass is 357 g/mol. The molecule has 1 atom stereocenters. The first kappa shape index (κ1) is 17.0. The van der Waals surface area contributed by atoms with Gasteiger partial charge in [0.15, 0.2) is 11.5 Å². The van der Waals surface area contributed by atoms with Crippen LogP contribution in [0.3, 0.4) is 0 Å². The van der Waals surface area contributed by atoms with E-state index in [4.69, 9.17) is 9.15 Å². The van der Waals surface area contributed by atoms with E-state index in [1.54, 1.807) is 0 Å². The number of oxazole rings is 1. The number of aryl methyl sites for hydroxylation is 1. The summed E-state index contributed by atoms with van der Waals surface area (Å²) in [6.07, 6.45) is 1.80. The maximum Gasteiger partial charge on any atom is 0.251 e. The molecule has 0 spiro atoms. The van der Waals surface area contributed by atoms with Crippen molar-refractivity contribution in [3.63, 3.8) is 0 Å². The van der Waals surface area contributed by atoms with Crippen LogP contribution in [0.4, 0.5) is 0 Å². The van der Waals surface area contributed by atoms with Crippen LogP contribution in [0.1, 0.15) is 24.3 Å². The summed E-state index contributed by atoms with van der Waals surface area (Å²) in [5.74, 6) is 0.765. The second-order valence-electron chi connectivity index (χ2n) is 6.92. The quantitative estimate of drug-likeness (QED) is 0.833. The van der Waals surface area contributed by atoms with Crippen LogP contribution in [0.25, 0.3) is 11.1 Å². The molecule has 7 heteroatoms. The fourth-order valence-electron chi connectivity index (χ4n) is 3.63. The summed E-state index contributed by atoms with van der Waals surface area (Å²) in [7, 11) is 0. The molecule has 2 fully saturated rings. The number of nitrogens with zero attached hydrogens (tertiary/aromatic N) is 3. The molecule has 7 nitrogen and oxygen atoms in total. The number of aromatic nitrogens is 1. The van der Waals surface area contributed by atoms with Gasteiger partial charge in [-0.05, 0) is 30.5 Å². The minimum absolute atomic E-state index is 0.0701. The number of fused-ring (bicyclic) bond motifs is 1. The van der Waals surface area contributed by atoms with Crippen LogP contribution in [-0.4, -0.2) is 65.5 Å². The zero-order chi connectivity index (χ0) is 18.1. The molecule has 0 bridgehead atoms. The van der Waals surface area contributed by atoms with Crippen molar-refractivity contribution in [2.24, 2.45) is 0 Å². The van der Waals surface area contributed by atoms with E-state index in [0.717, 1.165) is 23.9 Å². The predicted octanol–water partition coefficient (Wildman–Crippen LogP) is 1.53. The number of ether oxygens (including phenoxy) is 1. The zero-order valence-electron chi connectivity index (χ0n) is 14.9. The summed E-state index contributed by atoms with van der Waals surface area (Å²) >= 11 is 0. The summed E-state index contributed by atoms with van der Waals surface area (Å²) in [5, 5.41) is 0. The van der Waals surface area contributed by atoms with Gasteiger partial charge in [0, 0.05) is 39.7 Å². The molecule has 3 heterocycles. The highest BCUT2D eigenvalue weighted by Crippen LogP contribution is 2.19. The van der Waals surface area contributed by atoms with Gasteiger partial charge < -0.3 is 19.0 Å². The van der Waals surface area contributed by atoms with Crippen LogP contribution in [0.2, 0.25) is 0 Å². The largest absolute Gasteiger partial charge is 0.441 e. The van der Waals surface area contributed by atoms with Crippen molar-refractivity contribution in [2.45, 2.75) is 32.3 Å². The van der Waals surface area contributed by atoms with E-state index in [2.05, 4.69) is 4.98 Å². The third-order valence-corrected chi connectivity index (χ3v) is 5.06. The molecule has 2 aliphatic heterocycles. The standard InChI is InChI=1S/C19H23N3O4/c1-13-20-15-5-4-14(11-17(15)26-13)12-18(23)21-6-8-22(9-7-21)19(24)16-3-2-10-25-16/h4-5,11,16H,2-3,6-10,12H2,1H3. The second kappa shape index (κ2) is 7.07. The molecule has 2 aromatic rings. The minimum Gasteiger partial charge on any atom is -0.441 e. The molecule has 138 valence electrons. The Labute approximate surface area is 151 Å². The van der Waals surface area contributed by atoms with E-state index < -0.39 is 0 Å². The molecule has 0 N–H and O–H groups in total. The third kappa shape index (κ3) is 3.44. The topological polar surface area (TPSA) is 75.9 Å². The predicted molar refractivity (Wildman–Crippen MR) is 94.6 cm³/mol. The van der Waals surface area contributed by atoms with Crippen molar-refractivity contribution >= 4 is 22.9 Å². The van der Waals surface area contributed by atoms with E-state index in [1.807, 2.05) is 34.9 Å². The number of amides is 2. The van der Waals surface area contributed by atoms with Crippen molar-refractivity contribution < 1.29 is 18.7 Å². The number of carbonyl (C=O) groups excluding carboxylic acids is 2. The van der Waals surface area contributed by atoms with Crippen LogP contribution >= 0.6 is 0 Å². The van der Waals surface area contributed by atoms with Gasteiger partial charge in [0.2, 0.25) is 5.91 Å². The third-order valence-electron chi connectivity index (χ3n) is 5.06. The van der Waals surface area contributed by atoms with Gasteiger partial charge in [0.25, 0.3) is 5.91 Å². The van der Waals surface area contributed by atoms with Gasteiger partial charge in [-0.15, -0.1) is 0 Å². The lowest BCUT2D eigenvalue weighted by Crippen LogP contribution is -2.53. The fraction of sp³-hybridized carbons (Fsp3) is 0.526. The molecule has 2 aliphatic rings. The normalized spacial score (nSPS) is 20.7. The number of carbonyl (C=O) groups is 2. The number of piperazine rings is 1. The average molecular weight is 357 g/mol. The first-order valence-electron chi connectivity index (χ1n) is 9.14. The average Bonchev–Trinajstić information content (AvgIpc) is 3.29. The first-order chi connectivity index (χ1) is 12.6. The molecule has 4 rings (SSSR count). The van der Waals surface area contributed by atoms with E-state index >= 15 is 0 Å². The van der Waals surface area contributed by atoms with Gasteiger partial charge in [-0.2, -0.15) is 0 Å². The lowest BCUT2D eigenvalue weighted by molar-refractivity contribution is -0.145. The first-order valence-corrected chi connectivity index (χ1v) is 9.14. The van der Waals surface area contributed by atoms with E-state index in [1.165, 1.54) is 0 Å². The Bertz CT molecular complexity index is 817. The summed E-state index contributed by atoms with van der Waals surface area (Å²) in [6, 6.07) is 5.68. The lowest BCUT2D eigenvalue weighted by Gasteiger charge is -2.35. The van der Waals surface area contributed by atoms with Crippen molar-refractivity contribution in [3.05, 3.63) is 29.7 Å². The molecular formula is C19H23N3O4. The van der Waals surface area contributed by atoms with E-state index in [0.29, 0.717) is 50.7 Å². The van der Waals surface area contributed by atoms with Gasteiger partial charge in [0.1, 0.15) is 11.6 Å². The SMILES string of the molecule is Cc1nc2ccc(CC(=O)N3CCN(C(=O)C4CCCO4)CC3)cc2o1. The van der Waals surface area contributed by atoms with E-state index in [-0.39, 0.29) is 17.9 Å². The van der Waals surface area contributed by atoms with Gasteiger partial charge >= 0.3 is 0 Å². The Balaban J connectivity index is 1.33. The molecule has 1 aromatic heterocycles. The maximum atomic E-state index is 12.6. The molecule has 2 amide bonds. The molecule has 0 aliphatic carbocycles. The Morgan fingerprint density at radius 3 is 2.69 bits per heavy atom.